The summed E-state index contributed by atoms with van der Waals surface area (Å²) in [6.45, 7) is 3.41. The van der Waals surface area contributed by atoms with Gasteiger partial charge in [-0.05, 0) is 43.9 Å². The average molecular weight is 301 g/mol. The van der Waals surface area contributed by atoms with Crippen LogP contribution in [0.15, 0.2) is 28.8 Å². The number of benzene rings is 1. The van der Waals surface area contributed by atoms with Gasteiger partial charge in [-0.1, -0.05) is 29.4 Å². The van der Waals surface area contributed by atoms with Gasteiger partial charge < -0.3 is 9.26 Å². The summed E-state index contributed by atoms with van der Waals surface area (Å²) in [6.07, 6.45) is 2.53. The molecule has 1 fully saturated rings. The second-order valence-corrected chi connectivity index (χ2v) is 6.12. The van der Waals surface area contributed by atoms with Gasteiger partial charge in [0.1, 0.15) is 6.10 Å². The van der Waals surface area contributed by atoms with E-state index in [1.54, 1.807) is 7.11 Å². The molecule has 5 nitrogen and oxygen atoms in total. The van der Waals surface area contributed by atoms with Crippen LogP contribution in [-0.2, 0) is 17.8 Å². The number of ether oxygens (including phenoxy) is 1. The summed E-state index contributed by atoms with van der Waals surface area (Å²) < 4.78 is 10.5. The maximum Gasteiger partial charge on any atom is 0.240 e. The highest BCUT2D eigenvalue weighted by atomic mass is 16.5. The zero-order valence-electron chi connectivity index (χ0n) is 13.5. The van der Waals surface area contributed by atoms with Gasteiger partial charge >= 0.3 is 0 Å². The first-order valence-electron chi connectivity index (χ1n) is 7.78. The molecule has 0 aliphatic heterocycles. The molecule has 1 saturated carbocycles. The molecule has 1 unspecified atom stereocenters. The summed E-state index contributed by atoms with van der Waals surface area (Å²) in [6, 6.07) is 8.88. The van der Waals surface area contributed by atoms with Crippen LogP contribution < -0.4 is 0 Å². The van der Waals surface area contributed by atoms with Crippen molar-refractivity contribution in [3.8, 4) is 0 Å². The molecule has 22 heavy (non-hydrogen) atoms. The van der Waals surface area contributed by atoms with Crippen molar-refractivity contribution >= 4 is 0 Å². The molecule has 0 amide bonds. The molecule has 0 bridgehead atoms. The number of hydrogen-bond donors (Lipinski definition) is 0. The van der Waals surface area contributed by atoms with Gasteiger partial charge in [0.05, 0.1) is 6.54 Å². The van der Waals surface area contributed by atoms with Crippen molar-refractivity contribution in [3.05, 3.63) is 47.1 Å². The van der Waals surface area contributed by atoms with Crippen molar-refractivity contribution in [1.82, 2.24) is 15.0 Å². The highest BCUT2D eigenvalue weighted by Gasteiger charge is 2.23. The van der Waals surface area contributed by atoms with E-state index in [1.165, 1.54) is 24.0 Å². The number of nitrogens with zero attached hydrogens (tertiary/aromatic N) is 3. The zero-order valence-corrected chi connectivity index (χ0v) is 13.5. The third-order valence-electron chi connectivity index (χ3n) is 4.06. The van der Waals surface area contributed by atoms with Crippen LogP contribution in [0.1, 0.15) is 54.6 Å². The van der Waals surface area contributed by atoms with Crippen molar-refractivity contribution in [2.45, 2.75) is 44.9 Å². The van der Waals surface area contributed by atoms with Crippen LogP contribution in [0, 0.1) is 0 Å². The summed E-state index contributed by atoms with van der Waals surface area (Å²) in [7, 11) is 3.70. The minimum atomic E-state index is -0.141. The topological polar surface area (TPSA) is 51.4 Å². The SMILES string of the molecule is COC(C)c1noc(CN(C)Cc2cccc(C3CC3)c2)n1. The van der Waals surface area contributed by atoms with Crippen LogP contribution in [0.5, 0.6) is 0 Å². The van der Waals surface area contributed by atoms with Crippen LogP contribution in [0.25, 0.3) is 0 Å². The van der Waals surface area contributed by atoms with E-state index in [4.69, 9.17) is 9.26 Å². The lowest BCUT2D eigenvalue weighted by atomic mass is 10.1. The van der Waals surface area contributed by atoms with E-state index in [0.29, 0.717) is 18.3 Å². The summed E-state index contributed by atoms with van der Waals surface area (Å²) in [4.78, 5) is 6.56. The standard InChI is InChI=1S/C17H23N3O2/c1-12(21-3)17-18-16(22-19-17)11-20(2)10-13-5-4-6-15(9-13)14-7-8-14/h4-6,9,12,14H,7-8,10-11H2,1-3H3. The fraction of sp³-hybridized carbons (Fsp3) is 0.529. The lowest BCUT2D eigenvalue weighted by Gasteiger charge is -2.14. The van der Waals surface area contributed by atoms with Gasteiger partial charge in [-0.25, -0.2) is 0 Å². The molecule has 2 aromatic rings. The first-order valence-corrected chi connectivity index (χ1v) is 7.78. The fourth-order valence-electron chi connectivity index (χ4n) is 2.56. The summed E-state index contributed by atoms with van der Waals surface area (Å²) >= 11 is 0. The predicted octanol–water partition coefficient (Wildman–Crippen LogP) is 3.29. The van der Waals surface area contributed by atoms with E-state index in [0.717, 1.165) is 12.5 Å². The lowest BCUT2D eigenvalue weighted by molar-refractivity contribution is 0.109. The second-order valence-electron chi connectivity index (χ2n) is 6.12. The monoisotopic (exact) mass is 301 g/mol. The molecule has 1 atom stereocenters. The third kappa shape index (κ3) is 3.72. The van der Waals surface area contributed by atoms with E-state index >= 15 is 0 Å². The molecule has 0 radical (unpaired) electrons. The molecule has 118 valence electrons. The molecule has 1 aromatic heterocycles. The van der Waals surface area contributed by atoms with Gasteiger partial charge in [0, 0.05) is 13.7 Å². The highest BCUT2D eigenvalue weighted by Crippen LogP contribution is 2.40. The Labute approximate surface area is 131 Å². The van der Waals surface area contributed by atoms with E-state index < -0.39 is 0 Å². The Morgan fingerprint density at radius 1 is 1.36 bits per heavy atom. The molecule has 0 N–H and O–H groups in total. The van der Waals surface area contributed by atoms with Crippen molar-refractivity contribution < 1.29 is 9.26 Å². The Morgan fingerprint density at radius 3 is 2.91 bits per heavy atom. The number of hydrogen-bond acceptors (Lipinski definition) is 5. The molecule has 5 heteroatoms. The van der Waals surface area contributed by atoms with Crippen LogP contribution in [-0.4, -0.2) is 29.2 Å². The fourth-order valence-corrected chi connectivity index (χ4v) is 2.56. The molecule has 1 aliphatic rings. The normalized spacial score (nSPS) is 16.2. The molecule has 0 saturated heterocycles. The van der Waals surface area contributed by atoms with Crippen molar-refractivity contribution in [2.24, 2.45) is 0 Å². The number of methoxy groups -OCH3 is 1. The Kier molecular flexibility index (Phi) is 4.55. The van der Waals surface area contributed by atoms with Crippen LogP contribution in [0.4, 0.5) is 0 Å². The smallest absolute Gasteiger partial charge is 0.240 e. The molecular weight excluding hydrogens is 278 g/mol. The van der Waals surface area contributed by atoms with Gasteiger partial charge in [-0.2, -0.15) is 4.98 Å². The molecule has 3 rings (SSSR count). The highest BCUT2D eigenvalue weighted by molar-refractivity contribution is 5.29. The molecule has 1 heterocycles. The van der Waals surface area contributed by atoms with Gasteiger partial charge in [0.15, 0.2) is 5.82 Å². The average Bonchev–Trinajstić information content (AvgIpc) is 3.27. The van der Waals surface area contributed by atoms with Crippen molar-refractivity contribution in [3.63, 3.8) is 0 Å². The van der Waals surface area contributed by atoms with Gasteiger partial charge in [-0.3, -0.25) is 4.90 Å². The Hall–Kier alpha value is -1.72. The first-order chi connectivity index (χ1) is 10.7. The number of rotatable bonds is 7. The first kappa shape index (κ1) is 15.2. The van der Waals surface area contributed by atoms with Gasteiger partial charge in [0.2, 0.25) is 5.89 Å². The van der Waals surface area contributed by atoms with Gasteiger partial charge in [-0.15, -0.1) is 0 Å². The van der Waals surface area contributed by atoms with Crippen LogP contribution >= 0.6 is 0 Å². The third-order valence-corrected chi connectivity index (χ3v) is 4.06. The molecular formula is C17H23N3O2. The molecule has 1 aromatic carbocycles. The lowest BCUT2D eigenvalue weighted by Crippen LogP contribution is -2.17. The Balaban J connectivity index is 1.58. The minimum Gasteiger partial charge on any atom is -0.374 e. The van der Waals surface area contributed by atoms with Gasteiger partial charge in [0.25, 0.3) is 0 Å². The van der Waals surface area contributed by atoms with Crippen molar-refractivity contribution in [1.29, 1.82) is 0 Å². The second kappa shape index (κ2) is 6.58. The van der Waals surface area contributed by atoms with Crippen molar-refractivity contribution in [2.75, 3.05) is 14.2 Å². The summed E-state index contributed by atoms with van der Waals surface area (Å²) in [5.74, 6) is 2.01. The summed E-state index contributed by atoms with van der Waals surface area (Å²) in [5.41, 5.74) is 2.80. The predicted molar refractivity (Wildman–Crippen MR) is 83.3 cm³/mol. The molecule has 0 spiro atoms. The quantitative estimate of drug-likeness (QED) is 0.785. The molecule has 1 aliphatic carbocycles. The van der Waals surface area contributed by atoms with Crippen LogP contribution in [0.3, 0.4) is 0 Å². The van der Waals surface area contributed by atoms with E-state index in [2.05, 4.69) is 46.4 Å². The Morgan fingerprint density at radius 2 is 2.18 bits per heavy atom. The maximum absolute atomic E-state index is 5.29. The Bertz CT molecular complexity index is 622. The van der Waals surface area contributed by atoms with E-state index in [-0.39, 0.29) is 6.10 Å². The number of aromatic nitrogens is 2. The maximum atomic E-state index is 5.29. The largest absolute Gasteiger partial charge is 0.374 e. The minimum absolute atomic E-state index is 0.141. The zero-order chi connectivity index (χ0) is 15.5. The summed E-state index contributed by atoms with van der Waals surface area (Å²) in [5, 5.41) is 3.95. The van der Waals surface area contributed by atoms with E-state index in [1.807, 2.05) is 6.92 Å². The van der Waals surface area contributed by atoms with E-state index in [9.17, 15) is 0 Å². The van der Waals surface area contributed by atoms with Crippen LogP contribution in [0.2, 0.25) is 0 Å².